The Morgan fingerprint density at radius 2 is 2.20 bits per heavy atom. The first-order chi connectivity index (χ1) is 9.72. The van der Waals surface area contributed by atoms with Crippen LogP contribution in [0.4, 0.5) is 5.69 Å². The van der Waals surface area contributed by atoms with Crippen LogP contribution in [0.15, 0.2) is 24.3 Å². The molecule has 0 aliphatic carbocycles. The van der Waals surface area contributed by atoms with Gasteiger partial charge in [0.1, 0.15) is 0 Å². The van der Waals surface area contributed by atoms with Gasteiger partial charge in [0.05, 0.1) is 6.61 Å². The molecule has 2 rings (SSSR count). The van der Waals surface area contributed by atoms with E-state index in [1.165, 1.54) is 12.0 Å². The van der Waals surface area contributed by atoms with E-state index in [0.29, 0.717) is 6.04 Å². The van der Waals surface area contributed by atoms with Gasteiger partial charge in [0, 0.05) is 51.6 Å². The molecule has 1 aliphatic heterocycles. The number of hydrogen-bond donors (Lipinski definition) is 1. The van der Waals surface area contributed by atoms with Gasteiger partial charge in [-0.3, -0.25) is 9.80 Å². The number of methoxy groups -OCH3 is 1. The molecule has 112 valence electrons. The van der Waals surface area contributed by atoms with Gasteiger partial charge < -0.3 is 10.5 Å². The van der Waals surface area contributed by atoms with Crippen LogP contribution in [0.3, 0.4) is 0 Å². The minimum atomic E-state index is 0.639. The molecule has 1 saturated heterocycles. The Labute approximate surface area is 122 Å². The lowest BCUT2D eigenvalue weighted by molar-refractivity contribution is 0.0465. The maximum atomic E-state index is 5.85. The highest BCUT2D eigenvalue weighted by atomic mass is 16.5. The van der Waals surface area contributed by atoms with Crippen molar-refractivity contribution in [3.8, 4) is 0 Å². The summed E-state index contributed by atoms with van der Waals surface area (Å²) in [6, 6.07) is 8.87. The summed E-state index contributed by atoms with van der Waals surface area (Å²) in [6.45, 7) is 8.52. The molecule has 1 atom stereocenters. The van der Waals surface area contributed by atoms with Crippen LogP contribution in [0.25, 0.3) is 0 Å². The first-order valence-electron chi connectivity index (χ1n) is 7.52. The maximum Gasteiger partial charge on any atom is 0.0589 e. The van der Waals surface area contributed by atoms with Gasteiger partial charge in [0.2, 0.25) is 0 Å². The SMILES string of the molecule is CCC1CN(Cc2cccc(N)c2)CCN1CCOC. The predicted octanol–water partition coefficient (Wildman–Crippen LogP) is 1.81. The molecule has 0 saturated carbocycles. The quantitative estimate of drug-likeness (QED) is 0.805. The van der Waals surface area contributed by atoms with Crippen molar-refractivity contribution in [1.29, 1.82) is 0 Å². The summed E-state index contributed by atoms with van der Waals surface area (Å²) in [5.74, 6) is 0. The summed E-state index contributed by atoms with van der Waals surface area (Å²) in [5, 5.41) is 0. The van der Waals surface area contributed by atoms with Gasteiger partial charge >= 0.3 is 0 Å². The second kappa shape index (κ2) is 7.62. The molecule has 1 aromatic rings. The molecular weight excluding hydrogens is 250 g/mol. The number of ether oxygens (including phenoxy) is 1. The van der Waals surface area contributed by atoms with Crippen LogP contribution in [0.2, 0.25) is 0 Å². The Morgan fingerprint density at radius 1 is 1.35 bits per heavy atom. The number of anilines is 1. The Bertz CT molecular complexity index is 410. The van der Waals surface area contributed by atoms with Crippen LogP contribution in [-0.4, -0.2) is 55.7 Å². The molecule has 0 aromatic heterocycles. The Morgan fingerprint density at radius 3 is 2.90 bits per heavy atom. The normalized spacial score (nSPS) is 21.2. The predicted molar refractivity (Wildman–Crippen MR) is 83.7 cm³/mol. The minimum Gasteiger partial charge on any atom is -0.399 e. The highest BCUT2D eigenvalue weighted by molar-refractivity contribution is 5.40. The zero-order valence-electron chi connectivity index (χ0n) is 12.7. The van der Waals surface area contributed by atoms with E-state index >= 15 is 0 Å². The summed E-state index contributed by atoms with van der Waals surface area (Å²) < 4.78 is 5.20. The zero-order chi connectivity index (χ0) is 14.4. The van der Waals surface area contributed by atoms with Crippen LogP contribution < -0.4 is 5.73 Å². The smallest absolute Gasteiger partial charge is 0.0589 e. The Hall–Kier alpha value is -1.10. The van der Waals surface area contributed by atoms with E-state index in [9.17, 15) is 0 Å². The van der Waals surface area contributed by atoms with E-state index in [1.807, 2.05) is 12.1 Å². The molecule has 1 unspecified atom stereocenters. The van der Waals surface area contributed by atoms with E-state index in [1.54, 1.807) is 7.11 Å². The van der Waals surface area contributed by atoms with Crippen molar-refractivity contribution in [3.63, 3.8) is 0 Å². The molecule has 1 heterocycles. The van der Waals surface area contributed by atoms with E-state index < -0.39 is 0 Å². The maximum absolute atomic E-state index is 5.85. The molecule has 0 bridgehead atoms. The number of rotatable bonds is 6. The third kappa shape index (κ3) is 4.20. The highest BCUT2D eigenvalue weighted by Crippen LogP contribution is 2.16. The first kappa shape index (κ1) is 15.3. The molecule has 2 N–H and O–H groups in total. The number of benzene rings is 1. The molecule has 0 radical (unpaired) electrons. The van der Waals surface area contributed by atoms with E-state index in [2.05, 4.69) is 28.9 Å². The molecule has 1 fully saturated rings. The number of piperazine rings is 1. The second-order valence-electron chi connectivity index (χ2n) is 5.57. The third-order valence-corrected chi connectivity index (χ3v) is 4.10. The summed E-state index contributed by atoms with van der Waals surface area (Å²) in [7, 11) is 1.77. The van der Waals surface area contributed by atoms with E-state index in [4.69, 9.17) is 10.5 Å². The fourth-order valence-electron chi connectivity index (χ4n) is 2.94. The number of nitrogen functional groups attached to an aromatic ring is 1. The van der Waals surface area contributed by atoms with Gasteiger partial charge in [0.25, 0.3) is 0 Å². The van der Waals surface area contributed by atoms with Crippen LogP contribution in [0.1, 0.15) is 18.9 Å². The zero-order valence-corrected chi connectivity index (χ0v) is 12.7. The Balaban J connectivity index is 1.89. The largest absolute Gasteiger partial charge is 0.399 e. The lowest BCUT2D eigenvalue weighted by Gasteiger charge is -2.41. The standard InChI is InChI=1S/C16H27N3O/c1-3-16-13-18(7-8-19(16)9-10-20-2)12-14-5-4-6-15(17)11-14/h4-6,11,16H,3,7-10,12-13,17H2,1-2H3. The van der Waals surface area contributed by atoms with Gasteiger partial charge in [-0.2, -0.15) is 0 Å². The average Bonchev–Trinajstić information content (AvgIpc) is 2.46. The van der Waals surface area contributed by atoms with Crippen molar-refractivity contribution >= 4 is 5.69 Å². The van der Waals surface area contributed by atoms with Crippen LogP contribution in [-0.2, 0) is 11.3 Å². The molecule has 4 nitrogen and oxygen atoms in total. The Kier molecular flexibility index (Phi) is 5.83. The van der Waals surface area contributed by atoms with Crippen LogP contribution >= 0.6 is 0 Å². The molecule has 20 heavy (non-hydrogen) atoms. The summed E-state index contributed by atoms with van der Waals surface area (Å²) >= 11 is 0. The van der Waals surface area contributed by atoms with Crippen molar-refractivity contribution in [1.82, 2.24) is 9.80 Å². The topological polar surface area (TPSA) is 41.7 Å². The summed E-state index contributed by atoms with van der Waals surface area (Å²) in [4.78, 5) is 5.09. The van der Waals surface area contributed by atoms with Crippen LogP contribution in [0.5, 0.6) is 0 Å². The lowest BCUT2D eigenvalue weighted by Crippen LogP contribution is -2.53. The van der Waals surface area contributed by atoms with Gasteiger partial charge in [0.15, 0.2) is 0 Å². The van der Waals surface area contributed by atoms with Gasteiger partial charge in [-0.05, 0) is 24.1 Å². The fourth-order valence-corrected chi connectivity index (χ4v) is 2.94. The van der Waals surface area contributed by atoms with Gasteiger partial charge in [-0.1, -0.05) is 19.1 Å². The molecular formula is C16H27N3O. The number of hydrogen-bond acceptors (Lipinski definition) is 4. The molecule has 4 heteroatoms. The minimum absolute atomic E-state index is 0.639. The monoisotopic (exact) mass is 277 g/mol. The van der Waals surface area contributed by atoms with Crippen molar-refractivity contribution < 1.29 is 4.74 Å². The molecule has 0 amide bonds. The van der Waals surface area contributed by atoms with Crippen molar-refractivity contribution in [3.05, 3.63) is 29.8 Å². The van der Waals surface area contributed by atoms with E-state index in [0.717, 1.165) is 45.0 Å². The number of nitrogens with zero attached hydrogens (tertiary/aromatic N) is 2. The molecule has 1 aromatic carbocycles. The summed E-state index contributed by atoms with van der Waals surface area (Å²) in [6.07, 6.45) is 1.19. The highest BCUT2D eigenvalue weighted by Gasteiger charge is 2.25. The van der Waals surface area contributed by atoms with Crippen molar-refractivity contribution in [2.24, 2.45) is 0 Å². The summed E-state index contributed by atoms with van der Waals surface area (Å²) in [5.41, 5.74) is 8.02. The second-order valence-corrected chi connectivity index (χ2v) is 5.57. The average molecular weight is 277 g/mol. The number of nitrogens with two attached hydrogens (primary N) is 1. The van der Waals surface area contributed by atoms with Gasteiger partial charge in [-0.15, -0.1) is 0 Å². The molecule has 0 spiro atoms. The molecule has 1 aliphatic rings. The van der Waals surface area contributed by atoms with Crippen molar-refractivity contribution in [2.45, 2.75) is 25.9 Å². The lowest BCUT2D eigenvalue weighted by atomic mass is 10.1. The fraction of sp³-hybridized carbons (Fsp3) is 0.625. The van der Waals surface area contributed by atoms with Crippen molar-refractivity contribution in [2.75, 3.05) is 45.6 Å². The third-order valence-electron chi connectivity index (χ3n) is 4.10. The van der Waals surface area contributed by atoms with Crippen LogP contribution in [0, 0.1) is 0 Å². The first-order valence-corrected chi connectivity index (χ1v) is 7.52. The van der Waals surface area contributed by atoms with E-state index in [-0.39, 0.29) is 0 Å². The van der Waals surface area contributed by atoms with Gasteiger partial charge in [-0.25, -0.2) is 0 Å².